The van der Waals surface area contributed by atoms with E-state index in [1.807, 2.05) is 13.8 Å². The van der Waals surface area contributed by atoms with Crippen molar-refractivity contribution in [3.8, 4) is 0 Å². The molecule has 0 aromatic carbocycles. The van der Waals surface area contributed by atoms with Crippen molar-refractivity contribution in [1.29, 1.82) is 0 Å². The van der Waals surface area contributed by atoms with Gasteiger partial charge in [-0.2, -0.15) is 0 Å². The van der Waals surface area contributed by atoms with Gasteiger partial charge in [-0.05, 0) is 51.6 Å². The van der Waals surface area contributed by atoms with Crippen LogP contribution in [-0.2, 0) is 4.79 Å². The second kappa shape index (κ2) is 4.74. The van der Waals surface area contributed by atoms with Crippen LogP contribution in [0.2, 0.25) is 0 Å². The Balaban J connectivity index is 2.25. The Kier molecular flexibility index (Phi) is 4.00. The summed E-state index contributed by atoms with van der Waals surface area (Å²) in [6, 6.07) is 0. The van der Waals surface area contributed by atoms with Gasteiger partial charge in [0.15, 0.2) is 0 Å². The topological polar surface area (TPSA) is 40.5 Å². The predicted octanol–water partition coefficient (Wildman–Crippen LogP) is 2.61. The molecular weight excluding hydrogens is 202 g/mol. The molecule has 1 fully saturated rings. The highest BCUT2D eigenvalue weighted by Gasteiger charge is 2.30. The molecule has 1 rings (SSSR count). The van der Waals surface area contributed by atoms with E-state index in [9.17, 15) is 4.79 Å². The lowest BCUT2D eigenvalue weighted by molar-refractivity contribution is -0.147. The molecule has 0 bridgehead atoms. The lowest BCUT2D eigenvalue weighted by Gasteiger charge is -2.22. The highest BCUT2D eigenvalue weighted by molar-refractivity contribution is 5.73. The van der Waals surface area contributed by atoms with Gasteiger partial charge in [-0.3, -0.25) is 4.79 Å². The highest BCUT2D eigenvalue weighted by Crippen LogP contribution is 2.29. The molecule has 16 heavy (non-hydrogen) atoms. The van der Waals surface area contributed by atoms with Crippen LogP contribution in [0.4, 0.5) is 0 Å². The summed E-state index contributed by atoms with van der Waals surface area (Å²) in [6.07, 6.45) is 3.00. The largest absolute Gasteiger partial charge is 0.481 e. The van der Waals surface area contributed by atoms with E-state index in [0.717, 1.165) is 25.9 Å². The Hall–Kier alpha value is -0.570. The fourth-order valence-electron chi connectivity index (χ4n) is 2.27. The second-order valence-corrected chi connectivity index (χ2v) is 6.48. The van der Waals surface area contributed by atoms with Crippen molar-refractivity contribution in [1.82, 2.24) is 4.90 Å². The van der Waals surface area contributed by atoms with Crippen molar-refractivity contribution in [3.63, 3.8) is 0 Å². The summed E-state index contributed by atoms with van der Waals surface area (Å²) in [5, 5.41) is 9.00. The first kappa shape index (κ1) is 13.5. The minimum absolute atomic E-state index is 0.447. The van der Waals surface area contributed by atoms with Crippen LogP contribution in [0.3, 0.4) is 0 Å². The van der Waals surface area contributed by atoms with Gasteiger partial charge in [0.2, 0.25) is 0 Å². The van der Waals surface area contributed by atoms with Crippen molar-refractivity contribution in [3.05, 3.63) is 0 Å². The second-order valence-electron chi connectivity index (χ2n) is 6.48. The molecule has 0 saturated carbocycles. The number of hydrogen-bond donors (Lipinski definition) is 1. The molecule has 0 atom stereocenters. The number of nitrogens with zero attached hydrogens (tertiary/aromatic N) is 1. The van der Waals surface area contributed by atoms with Gasteiger partial charge in [-0.15, -0.1) is 0 Å². The number of hydrogen-bond acceptors (Lipinski definition) is 2. The average Bonchev–Trinajstić information content (AvgIpc) is 2.45. The van der Waals surface area contributed by atoms with Gasteiger partial charge in [0.05, 0.1) is 5.41 Å². The maximum atomic E-state index is 10.9. The molecule has 0 unspecified atom stereocenters. The lowest BCUT2D eigenvalue weighted by Crippen LogP contribution is -2.28. The quantitative estimate of drug-likeness (QED) is 0.785. The summed E-state index contributed by atoms with van der Waals surface area (Å²) >= 11 is 0. The van der Waals surface area contributed by atoms with E-state index in [2.05, 4.69) is 18.7 Å². The number of aliphatic carboxylic acids is 1. The number of carboxylic acids is 1. The van der Waals surface area contributed by atoms with Crippen LogP contribution < -0.4 is 0 Å². The van der Waals surface area contributed by atoms with Crippen molar-refractivity contribution in [2.24, 2.45) is 10.8 Å². The third-order valence-corrected chi connectivity index (χ3v) is 3.61. The molecule has 3 nitrogen and oxygen atoms in total. The number of likely N-dealkylation sites (tertiary alicyclic amines) is 1. The first-order chi connectivity index (χ1) is 7.23. The van der Waals surface area contributed by atoms with Crippen LogP contribution in [0.5, 0.6) is 0 Å². The van der Waals surface area contributed by atoms with E-state index in [1.54, 1.807) is 0 Å². The summed E-state index contributed by atoms with van der Waals surface area (Å²) in [5.74, 6) is -0.686. The monoisotopic (exact) mass is 227 g/mol. The third-order valence-electron chi connectivity index (χ3n) is 3.61. The molecule has 0 aliphatic carbocycles. The van der Waals surface area contributed by atoms with E-state index in [0.29, 0.717) is 5.41 Å². The molecule has 0 radical (unpaired) electrons. The zero-order chi connectivity index (χ0) is 12.4. The number of carboxylic acid groups (broad SMARTS) is 1. The van der Waals surface area contributed by atoms with E-state index in [-0.39, 0.29) is 0 Å². The summed E-state index contributed by atoms with van der Waals surface area (Å²) in [4.78, 5) is 13.4. The smallest absolute Gasteiger partial charge is 0.309 e. The molecule has 1 aliphatic rings. The van der Waals surface area contributed by atoms with Gasteiger partial charge in [0.25, 0.3) is 0 Å². The van der Waals surface area contributed by atoms with E-state index >= 15 is 0 Å². The molecule has 3 heteroatoms. The SMILES string of the molecule is CC1(C)CCN(CCCC(C)(C)C(=O)O)C1. The van der Waals surface area contributed by atoms with E-state index in [4.69, 9.17) is 5.11 Å². The molecule has 1 aliphatic heterocycles. The Bertz CT molecular complexity index is 259. The zero-order valence-corrected chi connectivity index (χ0v) is 11.0. The average molecular weight is 227 g/mol. The van der Waals surface area contributed by atoms with E-state index < -0.39 is 11.4 Å². The van der Waals surface area contributed by atoms with Gasteiger partial charge >= 0.3 is 5.97 Å². The minimum Gasteiger partial charge on any atom is -0.481 e. The summed E-state index contributed by atoms with van der Waals surface area (Å²) in [5.41, 5.74) is -0.127. The summed E-state index contributed by atoms with van der Waals surface area (Å²) < 4.78 is 0. The molecular formula is C13H25NO2. The van der Waals surface area contributed by atoms with Crippen LogP contribution in [-0.4, -0.2) is 35.6 Å². The standard InChI is InChI=1S/C13H25NO2/c1-12(2)7-9-14(10-12)8-5-6-13(3,4)11(15)16/h5-10H2,1-4H3,(H,15,16). The number of carbonyl (C=O) groups is 1. The minimum atomic E-state index is -0.686. The molecule has 0 aromatic rings. The Morgan fingerprint density at radius 2 is 2.06 bits per heavy atom. The van der Waals surface area contributed by atoms with Gasteiger partial charge in [-0.1, -0.05) is 13.8 Å². The Morgan fingerprint density at radius 1 is 1.44 bits per heavy atom. The van der Waals surface area contributed by atoms with Crippen molar-refractivity contribution < 1.29 is 9.90 Å². The molecule has 0 aromatic heterocycles. The van der Waals surface area contributed by atoms with Crippen molar-refractivity contribution in [2.75, 3.05) is 19.6 Å². The van der Waals surface area contributed by atoms with E-state index in [1.165, 1.54) is 13.0 Å². The maximum Gasteiger partial charge on any atom is 0.309 e. The summed E-state index contributed by atoms with van der Waals surface area (Å²) in [6.45, 7) is 11.6. The van der Waals surface area contributed by atoms with Crippen molar-refractivity contribution >= 4 is 5.97 Å². The molecule has 94 valence electrons. The van der Waals surface area contributed by atoms with Crippen LogP contribution >= 0.6 is 0 Å². The third kappa shape index (κ3) is 3.78. The molecule has 1 heterocycles. The maximum absolute atomic E-state index is 10.9. The fraction of sp³-hybridized carbons (Fsp3) is 0.923. The predicted molar refractivity (Wildman–Crippen MR) is 65.5 cm³/mol. The van der Waals surface area contributed by atoms with Crippen LogP contribution in [0.1, 0.15) is 47.0 Å². The zero-order valence-electron chi connectivity index (χ0n) is 11.0. The molecule has 0 amide bonds. The molecule has 1 N–H and O–H groups in total. The highest BCUT2D eigenvalue weighted by atomic mass is 16.4. The number of rotatable bonds is 5. The Morgan fingerprint density at radius 3 is 2.50 bits per heavy atom. The first-order valence-corrected chi connectivity index (χ1v) is 6.19. The lowest BCUT2D eigenvalue weighted by atomic mass is 9.88. The first-order valence-electron chi connectivity index (χ1n) is 6.19. The Labute approximate surface area is 98.8 Å². The van der Waals surface area contributed by atoms with Gasteiger partial charge < -0.3 is 10.0 Å². The van der Waals surface area contributed by atoms with Crippen LogP contribution in [0.15, 0.2) is 0 Å². The van der Waals surface area contributed by atoms with Crippen LogP contribution in [0, 0.1) is 10.8 Å². The molecule has 1 saturated heterocycles. The summed E-state index contributed by atoms with van der Waals surface area (Å²) in [7, 11) is 0. The van der Waals surface area contributed by atoms with Crippen molar-refractivity contribution in [2.45, 2.75) is 47.0 Å². The van der Waals surface area contributed by atoms with Gasteiger partial charge in [0.1, 0.15) is 0 Å². The van der Waals surface area contributed by atoms with Gasteiger partial charge in [0, 0.05) is 6.54 Å². The van der Waals surface area contributed by atoms with Gasteiger partial charge in [-0.25, -0.2) is 0 Å². The van der Waals surface area contributed by atoms with Crippen LogP contribution in [0.25, 0.3) is 0 Å². The normalized spacial score (nSPS) is 21.2. The fourth-order valence-corrected chi connectivity index (χ4v) is 2.27. The molecule has 0 spiro atoms.